The van der Waals surface area contributed by atoms with Gasteiger partial charge >= 0.3 is 0 Å². The average Bonchev–Trinajstić information content (AvgIpc) is 3.63. The first-order chi connectivity index (χ1) is 25.4. The number of halogens is 2. The van der Waals surface area contributed by atoms with E-state index in [-0.39, 0.29) is 47.6 Å². The van der Waals surface area contributed by atoms with Crippen LogP contribution in [-0.4, -0.2) is 129 Å². The fourth-order valence-electron chi connectivity index (χ4n) is 5.98. The number of likely N-dealkylation sites (tertiary alicyclic amines) is 2. The summed E-state index contributed by atoms with van der Waals surface area (Å²) in [5.41, 5.74) is -0.109. The molecule has 0 spiro atoms. The quantitative estimate of drug-likeness (QED) is 0.189. The van der Waals surface area contributed by atoms with Crippen molar-refractivity contribution < 1.29 is 47.0 Å². The number of carbonyl (C=O) groups is 5. The third kappa shape index (κ3) is 12.0. The molecule has 2 aliphatic heterocycles. The van der Waals surface area contributed by atoms with Gasteiger partial charge in [0.05, 0.1) is 62.6 Å². The van der Waals surface area contributed by atoms with Crippen molar-refractivity contribution in [2.45, 2.75) is 52.5 Å². The number of pyridine rings is 1. The molecule has 54 heavy (non-hydrogen) atoms. The van der Waals surface area contributed by atoms with Crippen molar-refractivity contribution in [2.75, 3.05) is 72.8 Å². The van der Waals surface area contributed by atoms with Crippen LogP contribution in [0.2, 0.25) is 0 Å². The number of nitriles is 1. The summed E-state index contributed by atoms with van der Waals surface area (Å²) in [7, 11) is 1.69. The van der Waals surface area contributed by atoms with Gasteiger partial charge in [0.25, 0.3) is 17.7 Å². The van der Waals surface area contributed by atoms with Gasteiger partial charge in [0.2, 0.25) is 17.7 Å². The zero-order valence-electron chi connectivity index (χ0n) is 31.3. The van der Waals surface area contributed by atoms with E-state index in [2.05, 4.69) is 20.9 Å². The Hall–Kier alpha value is -4.95. The van der Waals surface area contributed by atoms with Crippen molar-refractivity contribution in [3.05, 3.63) is 36.0 Å². The van der Waals surface area contributed by atoms with E-state index >= 15 is 0 Å². The van der Waals surface area contributed by atoms with E-state index < -0.39 is 48.7 Å². The minimum atomic E-state index is -3.16. The maximum absolute atomic E-state index is 13.7. The van der Waals surface area contributed by atoms with Gasteiger partial charge in [-0.2, -0.15) is 5.26 Å². The Kier molecular flexibility index (Phi) is 13.9. The van der Waals surface area contributed by atoms with Gasteiger partial charge in [0, 0.05) is 68.0 Å². The summed E-state index contributed by atoms with van der Waals surface area (Å²) in [6.45, 7) is 8.87. The van der Waals surface area contributed by atoms with E-state index in [1.165, 1.54) is 12.3 Å². The Balaban J connectivity index is 1.14. The molecule has 1 aromatic heterocycles. The van der Waals surface area contributed by atoms with Crippen LogP contribution in [0.25, 0.3) is 10.9 Å². The number of carbonyl (C=O) groups excluding carboxylic acids is 5. The predicted molar refractivity (Wildman–Crippen MR) is 191 cm³/mol. The average molecular weight is 758 g/mol. The summed E-state index contributed by atoms with van der Waals surface area (Å²) >= 11 is 0. The first-order valence-electron chi connectivity index (χ1n) is 17.7. The largest absolute Gasteiger partial charge is 0.484 e. The summed E-state index contributed by atoms with van der Waals surface area (Å²) in [6.07, 6.45) is 0.881. The number of nitrogens with zero attached hydrogens (tertiary/aromatic N) is 4. The number of aromatic nitrogens is 1. The molecule has 17 heteroatoms. The molecule has 2 unspecified atom stereocenters. The van der Waals surface area contributed by atoms with Gasteiger partial charge in [-0.05, 0) is 18.2 Å². The summed E-state index contributed by atoms with van der Waals surface area (Å²) in [5, 5.41) is 17.7. The molecule has 2 aliphatic rings. The van der Waals surface area contributed by atoms with Crippen molar-refractivity contribution in [3.63, 3.8) is 0 Å². The molecular formula is C37H49F2N7O8. The lowest BCUT2D eigenvalue weighted by Crippen LogP contribution is -2.43. The number of nitrogens with one attached hydrogen (secondary N) is 3. The molecule has 5 amide bonds. The molecule has 1 aromatic carbocycles. The number of alkyl halides is 2. The van der Waals surface area contributed by atoms with E-state index in [0.717, 1.165) is 4.90 Å². The van der Waals surface area contributed by atoms with Crippen molar-refractivity contribution in [3.8, 4) is 11.8 Å². The molecular weight excluding hydrogens is 708 g/mol. The molecule has 294 valence electrons. The lowest BCUT2D eigenvalue weighted by Gasteiger charge is -2.29. The van der Waals surface area contributed by atoms with E-state index in [1.807, 2.05) is 27.7 Å². The predicted octanol–water partition coefficient (Wildman–Crippen LogP) is 1.90. The molecule has 0 bridgehead atoms. The highest BCUT2D eigenvalue weighted by atomic mass is 19.3. The number of amides is 5. The third-order valence-electron chi connectivity index (χ3n) is 8.97. The van der Waals surface area contributed by atoms with Gasteiger partial charge in [-0.25, -0.2) is 8.78 Å². The number of rotatable bonds is 18. The number of hydrogen-bond donors (Lipinski definition) is 3. The highest BCUT2D eigenvalue weighted by Crippen LogP contribution is 2.31. The normalized spacial score (nSPS) is 18.4. The van der Waals surface area contributed by atoms with Gasteiger partial charge in [-0.1, -0.05) is 27.7 Å². The standard InChI is InChI=1S/C37H49F2N7O8/c1-35(2,21-53-23-36(3,4)22-52-11-10-42-33(50)24-12-31(48)45(5)17-24)19-44-30(47)18-54-26-6-7-27-28(8-9-41-29(27)13-26)34(51)43-16-32(49)46-20-37(38,39)14-25(46)15-40/h6-9,13,24-25H,10-12,14,16-23H2,1-5H3,(H,42,50)(H,43,51)(H,44,47). The summed E-state index contributed by atoms with van der Waals surface area (Å²) < 4.78 is 44.9. The zero-order valence-corrected chi connectivity index (χ0v) is 31.3. The van der Waals surface area contributed by atoms with Crippen LogP contribution in [0.15, 0.2) is 30.5 Å². The highest BCUT2D eigenvalue weighted by Gasteiger charge is 2.47. The molecule has 4 rings (SSSR count). The van der Waals surface area contributed by atoms with E-state index in [1.54, 1.807) is 36.2 Å². The summed E-state index contributed by atoms with van der Waals surface area (Å²) in [4.78, 5) is 68.5. The molecule has 0 radical (unpaired) electrons. The Morgan fingerprint density at radius 1 is 1.04 bits per heavy atom. The van der Waals surface area contributed by atoms with Crippen LogP contribution in [-0.2, 0) is 28.7 Å². The van der Waals surface area contributed by atoms with E-state index in [4.69, 9.17) is 19.5 Å². The maximum Gasteiger partial charge on any atom is 0.268 e. The topological polar surface area (TPSA) is 192 Å². The Morgan fingerprint density at radius 2 is 1.76 bits per heavy atom. The van der Waals surface area contributed by atoms with Crippen LogP contribution in [0, 0.1) is 28.1 Å². The second-order valence-electron chi connectivity index (χ2n) is 15.4. The molecule has 3 heterocycles. The third-order valence-corrected chi connectivity index (χ3v) is 8.97. The van der Waals surface area contributed by atoms with E-state index in [9.17, 15) is 32.8 Å². The van der Waals surface area contributed by atoms with Crippen molar-refractivity contribution in [1.29, 1.82) is 5.26 Å². The Labute approximate surface area is 313 Å². The molecule has 3 N–H and O–H groups in total. The molecule has 2 fully saturated rings. The van der Waals surface area contributed by atoms with Crippen molar-refractivity contribution >= 4 is 40.4 Å². The van der Waals surface area contributed by atoms with Crippen LogP contribution in [0.4, 0.5) is 8.78 Å². The van der Waals surface area contributed by atoms with Crippen LogP contribution in [0.5, 0.6) is 5.75 Å². The first kappa shape index (κ1) is 41.8. The second-order valence-corrected chi connectivity index (χ2v) is 15.4. The van der Waals surface area contributed by atoms with Gasteiger partial charge in [0.15, 0.2) is 6.61 Å². The molecule has 2 atom stereocenters. The Bertz CT molecular complexity index is 1750. The smallest absolute Gasteiger partial charge is 0.268 e. The molecule has 0 aliphatic carbocycles. The Morgan fingerprint density at radius 3 is 2.46 bits per heavy atom. The first-order valence-corrected chi connectivity index (χ1v) is 17.7. The van der Waals surface area contributed by atoms with Gasteiger partial charge < -0.3 is 40.0 Å². The summed E-state index contributed by atoms with van der Waals surface area (Å²) in [6, 6.07) is 6.61. The maximum atomic E-state index is 13.7. The number of ether oxygens (including phenoxy) is 3. The molecule has 2 aromatic rings. The van der Waals surface area contributed by atoms with Gasteiger partial charge in [-0.15, -0.1) is 0 Å². The monoisotopic (exact) mass is 757 g/mol. The highest BCUT2D eigenvalue weighted by molar-refractivity contribution is 6.07. The van der Waals surface area contributed by atoms with Crippen LogP contribution < -0.4 is 20.7 Å². The summed E-state index contributed by atoms with van der Waals surface area (Å²) in [5.74, 6) is -5.09. The lowest BCUT2D eigenvalue weighted by atomic mass is 9.93. The molecule has 0 saturated carbocycles. The van der Waals surface area contributed by atoms with E-state index in [0.29, 0.717) is 62.7 Å². The van der Waals surface area contributed by atoms with Gasteiger partial charge in [-0.3, -0.25) is 29.0 Å². The van der Waals surface area contributed by atoms with Crippen molar-refractivity contribution in [2.24, 2.45) is 16.7 Å². The molecule has 15 nitrogen and oxygen atoms in total. The number of hydrogen-bond acceptors (Lipinski definition) is 10. The van der Waals surface area contributed by atoms with Gasteiger partial charge in [0.1, 0.15) is 11.8 Å². The van der Waals surface area contributed by atoms with Crippen LogP contribution in [0.3, 0.4) is 0 Å². The number of benzene rings is 1. The fourth-order valence-corrected chi connectivity index (χ4v) is 5.98. The fraction of sp³-hybridized carbons (Fsp3) is 0.595. The minimum absolute atomic E-state index is 0.0289. The molecule has 2 saturated heterocycles. The second kappa shape index (κ2) is 17.9. The zero-order chi connectivity index (χ0) is 39.7. The van der Waals surface area contributed by atoms with Crippen molar-refractivity contribution in [1.82, 2.24) is 30.7 Å². The number of fused-ring (bicyclic) bond motifs is 1. The SMILES string of the molecule is CN1CC(C(=O)NCCOCC(C)(C)COCC(C)(C)CNC(=O)COc2ccc3c(C(=O)NCC(=O)N4CC(F)(F)CC4C#N)ccnc3c2)CC1=O. The van der Waals surface area contributed by atoms with Crippen LogP contribution >= 0.6 is 0 Å². The van der Waals surface area contributed by atoms with Crippen LogP contribution in [0.1, 0.15) is 50.9 Å². The minimum Gasteiger partial charge on any atom is -0.484 e. The lowest BCUT2D eigenvalue weighted by molar-refractivity contribution is -0.131.